The van der Waals surface area contributed by atoms with Crippen LogP contribution in [0, 0.1) is 0 Å². The Morgan fingerprint density at radius 2 is 1.70 bits per heavy atom. The lowest BCUT2D eigenvalue weighted by atomic mass is 10.2. The van der Waals surface area contributed by atoms with Gasteiger partial charge in [-0.25, -0.2) is 0 Å². The smallest absolute Gasteiger partial charge is 0.244 e. The second-order valence-corrected chi connectivity index (χ2v) is 4.68. The van der Waals surface area contributed by atoms with Crippen LogP contribution in [-0.2, 0) is 9.59 Å². The van der Waals surface area contributed by atoms with E-state index in [-0.39, 0.29) is 11.8 Å². The van der Waals surface area contributed by atoms with Crippen molar-refractivity contribution in [2.75, 3.05) is 26.3 Å². The maximum atomic E-state index is 11.7. The molecule has 0 aliphatic carbocycles. The molecule has 6 heteroatoms. The van der Waals surface area contributed by atoms with Gasteiger partial charge < -0.3 is 20.1 Å². The summed E-state index contributed by atoms with van der Waals surface area (Å²) in [4.78, 5) is 22.4. The maximum absolute atomic E-state index is 11.7. The lowest BCUT2D eigenvalue weighted by Gasteiger charge is -2.11. The maximum Gasteiger partial charge on any atom is 0.244 e. The largest absolute Gasteiger partial charge is 0.490 e. The zero-order valence-electron chi connectivity index (χ0n) is 13.8. The first-order valence-electron chi connectivity index (χ1n) is 7.66. The molecule has 126 valence electrons. The topological polar surface area (TPSA) is 76.7 Å². The Labute approximate surface area is 136 Å². The van der Waals surface area contributed by atoms with E-state index >= 15 is 0 Å². The van der Waals surface area contributed by atoms with Crippen LogP contribution in [0.15, 0.2) is 24.3 Å². The van der Waals surface area contributed by atoms with Crippen molar-refractivity contribution in [3.05, 3.63) is 29.8 Å². The SMILES string of the molecule is CCOc1ccc(/C=C/C(=O)NCCNC(C)=O)cc1OCC. The number of ether oxygens (including phenoxy) is 2. The fourth-order valence-electron chi connectivity index (χ4n) is 1.83. The van der Waals surface area contributed by atoms with Crippen LogP contribution in [0.1, 0.15) is 26.3 Å². The van der Waals surface area contributed by atoms with Gasteiger partial charge in [0.15, 0.2) is 11.5 Å². The van der Waals surface area contributed by atoms with Gasteiger partial charge in [0.1, 0.15) is 0 Å². The minimum atomic E-state index is -0.220. The van der Waals surface area contributed by atoms with E-state index in [0.717, 1.165) is 5.56 Å². The molecule has 1 aromatic carbocycles. The molecular formula is C17H24N2O4. The summed E-state index contributed by atoms with van der Waals surface area (Å²) in [6.45, 7) is 7.14. The van der Waals surface area contributed by atoms with Gasteiger partial charge in [0, 0.05) is 26.1 Å². The number of carbonyl (C=O) groups excluding carboxylic acids is 2. The Balaban J connectivity index is 2.59. The third-order valence-electron chi connectivity index (χ3n) is 2.79. The fourth-order valence-corrected chi connectivity index (χ4v) is 1.83. The van der Waals surface area contributed by atoms with Crippen LogP contribution in [0.5, 0.6) is 11.5 Å². The molecule has 0 spiro atoms. The molecule has 2 N–H and O–H groups in total. The van der Waals surface area contributed by atoms with Crippen LogP contribution in [0.2, 0.25) is 0 Å². The van der Waals surface area contributed by atoms with Gasteiger partial charge in [0.2, 0.25) is 11.8 Å². The van der Waals surface area contributed by atoms with Gasteiger partial charge >= 0.3 is 0 Å². The lowest BCUT2D eigenvalue weighted by molar-refractivity contribution is -0.119. The Hall–Kier alpha value is -2.50. The Morgan fingerprint density at radius 3 is 2.35 bits per heavy atom. The first-order valence-corrected chi connectivity index (χ1v) is 7.66. The van der Waals surface area contributed by atoms with Crippen molar-refractivity contribution in [3.63, 3.8) is 0 Å². The van der Waals surface area contributed by atoms with Crippen LogP contribution in [0.4, 0.5) is 0 Å². The van der Waals surface area contributed by atoms with Gasteiger partial charge in [-0.3, -0.25) is 9.59 Å². The predicted octanol–water partition coefficient (Wildman–Crippen LogP) is 1.75. The second kappa shape index (κ2) is 10.3. The second-order valence-electron chi connectivity index (χ2n) is 4.68. The van der Waals surface area contributed by atoms with Gasteiger partial charge in [0.05, 0.1) is 13.2 Å². The number of hydrogen-bond donors (Lipinski definition) is 2. The molecule has 1 aromatic rings. The molecule has 6 nitrogen and oxygen atoms in total. The quantitative estimate of drug-likeness (QED) is 0.537. The van der Waals surface area contributed by atoms with E-state index in [1.165, 1.54) is 13.0 Å². The van der Waals surface area contributed by atoms with E-state index in [0.29, 0.717) is 37.8 Å². The first-order chi connectivity index (χ1) is 11.1. The number of nitrogens with one attached hydrogen (secondary N) is 2. The van der Waals surface area contributed by atoms with Crippen LogP contribution in [-0.4, -0.2) is 38.1 Å². The molecule has 0 fully saturated rings. The summed E-state index contributed by atoms with van der Waals surface area (Å²) in [6.07, 6.45) is 3.14. The van der Waals surface area contributed by atoms with Gasteiger partial charge in [-0.15, -0.1) is 0 Å². The van der Waals surface area contributed by atoms with Crippen molar-refractivity contribution in [1.82, 2.24) is 10.6 Å². The summed E-state index contributed by atoms with van der Waals surface area (Å²) < 4.78 is 11.0. The number of rotatable bonds is 9. The molecule has 1 rings (SSSR count). The summed E-state index contributed by atoms with van der Waals surface area (Å²) in [5.74, 6) is 1.00. The molecule has 23 heavy (non-hydrogen) atoms. The van der Waals surface area contributed by atoms with Gasteiger partial charge in [-0.2, -0.15) is 0 Å². The highest BCUT2D eigenvalue weighted by molar-refractivity contribution is 5.91. The normalized spacial score (nSPS) is 10.4. The predicted molar refractivity (Wildman–Crippen MR) is 89.5 cm³/mol. The zero-order valence-corrected chi connectivity index (χ0v) is 13.8. The van der Waals surface area contributed by atoms with Gasteiger partial charge in [-0.05, 0) is 37.6 Å². The highest BCUT2D eigenvalue weighted by Gasteiger charge is 2.05. The van der Waals surface area contributed by atoms with Crippen molar-refractivity contribution in [3.8, 4) is 11.5 Å². The number of benzene rings is 1. The molecule has 0 aromatic heterocycles. The minimum absolute atomic E-state index is 0.118. The Morgan fingerprint density at radius 1 is 1.04 bits per heavy atom. The third-order valence-corrected chi connectivity index (χ3v) is 2.79. The van der Waals surface area contributed by atoms with E-state index in [1.807, 2.05) is 32.0 Å². The molecule has 0 bridgehead atoms. The summed E-state index contributed by atoms with van der Waals surface area (Å²) in [5.41, 5.74) is 0.842. The van der Waals surface area contributed by atoms with Crippen molar-refractivity contribution in [2.24, 2.45) is 0 Å². The molecule has 0 aliphatic rings. The van der Waals surface area contributed by atoms with E-state index < -0.39 is 0 Å². The van der Waals surface area contributed by atoms with E-state index in [4.69, 9.17) is 9.47 Å². The molecule has 0 radical (unpaired) electrons. The molecule has 0 unspecified atom stereocenters. The van der Waals surface area contributed by atoms with Crippen molar-refractivity contribution < 1.29 is 19.1 Å². The van der Waals surface area contributed by atoms with Gasteiger partial charge in [-0.1, -0.05) is 6.07 Å². The molecule has 0 aliphatic heterocycles. The van der Waals surface area contributed by atoms with Crippen molar-refractivity contribution in [2.45, 2.75) is 20.8 Å². The molecule has 2 amide bonds. The summed E-state index contributed by atoms with van der Waals surface area (Å²) in [5, 5.41) is 5.29. The number of amides is 2. The monoisotopic (exact) mass is 320 g/mol. The number of carbonyl (C=O) groups is 2. The number of hydrogen-bond acceptors (Lipinski definition) is 4. The van der Waals surface area contributed by atoms with Gasteiger partial charge in [0.25, 0.3) is 0 Å². The fraction of sp³-hybridized carbons (Fsp3) is 0.412. The van der Waals surface area contributed by atoms with Crippen molar-refractivity contribution >= 4 is 17.9 Å². The van der Waals surface area contributed by atoms with E-state index in [1.54, 1.807) is 6.08 Å². The highest BCUT2D eigenvalue weighted by atomic mass is 16.5. The van der Waals surface area contributed by atoms with Crippen molar-refractivity contribution in [1.29, 1.82) is 0 Å². The molecule has 0 heterocycles. The summed E-state index contributed by atoms with van der Waals surface area (Å²) >= 11 is 0. The summed E-state index contributed by atoms with van der Waals surface area (Å²) in [7, 11) is 0. The van der Waals surface area contributed by atoms with Crippen LogP contribution in [0.25, 0.3) is 6.08 Å². The molecule has 0 atom stereocenters. The minimum Gasteiger partial charge on any atom is -0.490 e. The lowest BCUT2D eigenvalue weighted by Crippen LogP contribution is -2.32. The zero-order chi connectivity index (χ0) is 17.1. The third kappa shape index (κ3) is 7.35. The van der Waals surface area contributed by atoms with Crippen LogP contribution < -0.4 is 20.1 Å². The first kappa shape index (κ1) is 18.5. The van der Waals surface area contributed by atoms with Crippen LogP contribution >= 0.6 is 0 Å². The van der Waals surface area contributed by atoms with E-state index in [2.05, 4.69) is 10.6 Å². The standard InChI is InChI=1S/C17H24N2O4/c1-4-22-15-8-6-14(12-16(15)23-5-2)7-9-17(21)19-11-10-18-13(3)20/h6-9,12H,4-5,10-11H2,1-3H3,(H,18,20)(H,19,21)/b9-7+. The highest BCUT2D eigenvalue weighted by Crippen LogP contribution is 2.28. The average Bonchev–Trinajstić information content (AvgIpc) is 2.52. The summed E-state index contributed by atoms with van der Waals surface area (Å²) in [6, 6.07) is 5.51. The molecule has 0 saturated carbocycles. The molecular weight excluding hydrogens is 296 g/mol. The van der Waals surface area contributed by atoms with E-state index in [9.17, 15) is 9.59 Å². The average molecular weight is 320 g/mol. The Kier molecular flexibility index (Phi) is 8.28. The van der Waals surface area contributed by atoms with Crippen LogP contribution in [0.3, 0.4) is 0 Å². The Bertz CT molecular complexity index is 556. The molecule has 0 saturated heterocycles.